The van der Waals surface area contributed by atoms with Crippen molar-refractivity contribution < 1.29 is 0 Å². The summed E-state index contributed by atoms with van der Waals surface area (Å²) in [6, 6.07) is 81.8. The molecule has 11 aromatic rings. The third kappa shape index (κ3) is 4.49. The van der Waals surface area contributed by atoms with Crippen LogP contribution in [0.5, 0.6) is 0 Å². The molecule has 0 unspecified atom stereocenters. The number of para-hydroxylation sites is 2. The summed E-state index contributed by atoms with van der Waals surface area (Å²) in [5.74, 6) is 0. The van der Waals surface area contributed by atoms with Gasteiger partial charge in [0.15, 0.2) is 0 Å². The fraction of sp³-hybridized carbons (Fsp3) is 0.0645. The quantitative estimate of drug-likeness (QED) is 0.168. The molecule has 0 aliphatic heterocycles. The van der Waals surface area contributed by atoms with Crippen LogP contribution in [-0.4, -0.2) is 4.57 Å². The van der Waals surface area contributed by atoms with Crippen molar-refractivity contribution in [2.24, 2.45) is 0 Å². The smallest absolute Gasteiger partial charge is 0.0726 e. The van der Waals surface area contributed by atoms with Gasteiger partial charge in [0.1, 0.15) is 0 Å². The van der Waals surface area contributed by atoms with Crippen molar-refractivity contribution in [3.63, 3.8) is 0 Å². The molecule has 0 saturated heterocycles. The Hall–Kier alpha value is -7.94. The summed E-state index contributed by atoms with van der Waals surface area (Å²) in [6.07, 6.45) is 0. The molecular weight excluding hydrogens is 773 g/mol. The van der Waals surface area contributed by atoms with Crippen LogP contribution in [0.4, 0.5) is 17.1 Å². The second kappa shape index (κ2) is 12.8. The molecule has 0 atom stereocenters. The molecule has 2 nitrogen and oxygen atoms in total. The molecule has 64 heavy (non-hydrogen) atoms. The average molecular weight is 815 g/mol. The Morgan fingerprint density at radius 2 is 0.875 bits per heavy atom. The lowest BCUT2D eigenvalue weighted by atomic mass is 9.63. The van der Waals surface area contributed by atoms with Gasteiger partial charge in [-0.15, -0.1) is 0 Å². The zero-order valence-corrected chi connectivity index (χ0v) is 35.7. The van der Waals surface area contributed by atoms with E-state index in [4.69, 9.17) is 0 Å². The van der Waals surface area contributed by atoms with Gasteiger partial charge in [-0.25, -0.2) is 0 Å². The van der Waals surface area contributed by atoms with Crippen molar-refractivity contribution in [3.05, 3.63) is 252 Å². The third-order valence-corrected chi connectivity index (χ3v) is 15.0. The monoisotopic (exact) mass is 814 g/mol. The molecule has 1 aromatic heterocycles. The Labute approximate surface area is 372 Å². The number of hydrogen-bond acceptors (Lipinski definition) is 1. The van der Waals surface area contributed by atoms with Crippen molar-refractivity contribution in [1.29, 1.82) is 0 Å². The summed E-state index contributed by atoms with van der Waals surface area (Å²) in [5.41, 5.74) is 22.4. The summed E-state index contributed by atoms with van der Waals surface area (Å²) in [7, 11) is 0. The van der Waals surface area contributed by atoms with Gasteiger partial charge < -0.3 is 9.47 Å². The summed E-state index contributed by atoms with van der Waals surface area (Å²) in [6.45, 7) is 4.70. The average Bonchev–Trinajstić information content (AvgIpc) is 3.93. The number of benzene rings is 10. The fourth-order valence-electron chi connectivity index (χ4n) is 12.4. The number of aromatic nitrogens is 1. The van der Waals surface area contributed by atoms with E-state index < -0.39 is 5.41 Å². The largest absolute Gasteiger partial charge is 0.310 e. The Morgan fingerprint density at radius 1 is 0.344 bits per heavy atom. The molecule has 300 valence electrons. The van der Waals surface area contributed by atoms with E-state index in [0.29, 0.717) is 0 Å². The molecule has 0 amide bonds. The zero-order valence-electron chi connectivity index (χ0n) is 35.7. The van der Waals surface area contributed by atoms with Gasteiger partial charge in [0, 0.05) is 38.9 Å². The highest BCUT2D eigenvalue weighted by Gasteiger charge is 2.50. The van der Waals surface area contributed by atoms with E-state index in [1.165, 1.54) is 105 Å². The molecule has 0 saturated carbocycles. The van der Waals surface area contributed by atoms with Gasteiger partial charge in [-0.3, -0.25) is 0 Å². The van der Waals surface area contributed by atoms with Crippen LogP contribution < -0.4 is 4.90 Å². The van der Waals surface area contributed by atoms with Gasteiger partial charge >= 0.3 is 0 Å². The number of nitrogens with zero attached hydrogens (tertiary/aromatic N) is 2. The molecule has 3 aliphatic carbocycles. The van der Waals surface area contributed by atoms with Crippen LogP contribution in [-0.2, 0) is 10.8 Å². The van der Waals surface area contributed by atoms with Crippen LogP contribution in [0.25, 0.3) is 71.6 Å². The predicted octanol–water partition coefficient (Wildman–Crippen LogP) is 16.1. The molecule has 0 N–H and O–H groups in total. The lowest BCUT2D eigenvalue weighted by Crippen LogP contribution is -2.30. The van der Waals surface area contributed by atoms with Crippen LogP contribution in [0.15, 0.2) is 218 Å². The first-order chi connectivity index (χ1) is 31.5. The Morgan fingerprint density at radius 3 is 1.58 bits per heavy atom. The first kappa shape index (κ1) is 35.6. The van der Waals surface area contributed by atoms with Crippen molar-refractivity contribution in [1.82, 2.24) is 4.57 Å². The molecule has 3 aliphatic rings. The van der Waals surface area contributed by atoms with E-state index in [0.717, 1.165) is 17.1 Å². The summed E-state index contributed by atoms with van der Waals surface area (Å²) in [4.78, 5) is 2.41. The first-order valence-corrected chi connectivity index (χ1v) is 22.5. The predicted molar refractivity (Wildman–Crippen MR) is 267 cm³/mol. The molecule has 0 radical (unpaired) electrons. The van der Waals surface area contributed by atoms with Crippen molar-refractivity contribution >= 4 is 49.6 Å². The van der Waals surface area contributed by atoms with Gasteiger partial charge in [0.2, 0.25) is 0 Å². The number of hydrogen-bond donors (Lipinski definition) is 0. The zero-order chi connectivity index (χ0) is 42.3. The lowest BCUT2D eigenvalue weighted by molar-refractivity contribution is 0.660. The highest BCUT2D eigenvalue weighted by Crippen LogP contribution is 2.63. The molecule has 1 spiro atoms. The minimum atomic E-state index is -0.473. The van der Waals surface area contributed by atoms with E-state index >= 15 is 0 Å². The molecular formula is C62H42N2. The minimum Gasteiger partial charge on any atom is -0.310 e. The van der Waals surface area contributed by atoms with Crippen molar-refractivity contribution in [3.8, 4) is 39.1 Å². The van der Waals surface area contributed by atoms with Gasteiger partial charge in [-0.1, -0.05) is 172 Å². The maximum Gasteiger partial charge on any atom is 0.0726 e. The maximum absolute atomic E-state index is 2.51. The highest BCUT2D eigenvalue weighted by atomic mass is 15.1. The van der Waals surface area contributed by atoms with E-state index in [-0.39, 0.29) is 5.41 Å². The topological polar surface area (TPSA) is 8.17 Å². The first-order valence-electron chi connectivity index (χ1n) is 22.5. The van der Waals surface area contributed by atoms with Crippen LogP contribution in [0.2, 0.25) is 0 Å². The number of anilines is 3. The standard InChI is InChI=1S/C62H42N2/c1-61(2)50-25-12-9-23-46(50)49-37-43(35-36-51(49)61)63(40-17-5-3-6-18-40)42-33-31-39(32-34-42)48-38-57-60-58-47(48)24-15-28-54(58)62(52-26-13-10-21-44(52)45-22-11-14-27-53(45)62)55-29-16-30-56(59(55)60)64(57)41-19-7-4-8-20-41/h3-38H,1-2H3. The number of rotatable bonds is 5. The second-order valence-corrected chi connectivity index (χ2v) is 18.4. The summed E-state index contributed by atoms with van der Waals surface area (Å²) >= 11 is 0. The van der Waals surface area contributed by atoms with Gasteiger partial charge in [-0.2, -0.15) is 0 Å². The third-order valence-electron chi connectivity index (χ3n) is 15.0. The van der Waals surface area contributed by atoms with E-state index in [9.17, 15) is 0 Å². The van der Waals surface area contributed by atoms with Gasteiger partial charge in [0.05, 0.1) is 16.4 Å². The van der Waals surface area contributed by atoms with E-state index in [1.54, 1.807) is 0 Å². The minimum absolute atomic E-state index is 0.0497. The molecule has 0 bridgehead atoms. The van der Waals surface area contributed by atoms with Crippen LogP contribution in [0.3, 0.4) is 0 Å². The normalized spacial score (nSPS) is 14.3. The second-order valence-electron chi connectivity index (χ2n) is 18.4. The van der Waals surface area contributed by atoms with Crippen molar-refractivity contribution in [2.45, 2.75) is 24.7 Å². The van der Waals surface area contributed by atoms with Crippen LogP contribution in [0, 0.1) is 0 Å². The molecule has 14 rings (SSSR count). The Bertz CT molecular complexity index is 3700. The Balaban J connectivity index is 1.02. The van der Waals surface area contributed by atoms with Crippen molar-refractivity contribution in [2.75, 3.05) is 4.90 Å². The SMILES string of the molecule is CC1(C)c2ccccc2-c2cc(N(c3ccccc3)c3ccc(-c4cc5c6c7c(cccc47)C4(c7ccccc7-c7ccccc74)c4cccc(c46)n5-c4ccccc4)cc3)ccc21. The Kier molecular flexibility index (Phi) is 7.13. The molecule has 1 heterocycles. The fourth-order valence-corrected chi connectivity index (χ4v) is 12.4. The molecule has 0 fully saturated rings. The summed E-state index contributed by atoms with van der Waals surface area (Å²) < 4.78 is 2.51. The van der Waals surface area contributed by atoms with Gasteiger partial charge in [-0.05, 0) is 138 Å². The lowest BCUT2D eigenvalue weighted by Gasteiger charge is -2.38. The molecule has 10 aromatic carbocycles. The van der Waals surface area contributed by atoms with E-state index in [2.05, 4.69) is 242 Å². The maximum atomic E-state index is 2.51. The van der Waals surface area contributed by atoms with Crippen LogP contribution in [0.1, 0.15) is 47.2 Å². The van der Waals surface area contributed by atoms with E-state index in [1.807, 2.05) is 0 Å². The molecule has 2 heteroatoms. The van der Waals surface area contributed by atoms with Gasteiger partial charge in [0.25, 0.3) is 0 Å². The highest BCUT2D eigenvalue weighted by molar-refractivity contribution is 6.29. The number of fused-ring (bicyclic) bond motifs is 10. The van der Waals surface area contributed by atoms with Crippen LogP contribution >= 0.6 is 0 Å². The summed E-state index contributed by atoms with van der Waals surface area (Å²) in [5, 5.41) is 5.30.